The summed E-state index contributed by atoms with van der Waals surface area (Å²) in [5.41, 5.74) is 6.76. The summed E-state index contributed by atoms with van der Waals surface area (Å²) in [6, 6.07) is 9.19. The highest BCUT2D eigenvalue weighted by Crippen LogP contribution is 2.02. The quantitative estimate of drug-likeness (QED) is 0.785. The van der Waals surface area contributed by atoms with Gasteiger partial charge in [-0.25, -0.2) is 0 Å². The van der Waals surface area contributed by atoms with Crippen LogP contribution in [0.3, 0.4) is 0 Å². The second kappa shape index (κ2) is 8.07. The van der Waals surface area contributed by atoms with E-state index in [9.17, 15) is 9.00 Å². The van der Waals surface area contributed by atoms with E-state index in [1.54, 1.807) is 0 Å². The summed E-state index contributed by atoms with van der Waals surface area (Å²) < 4.78 is 11.8. The van der Waals surface area contributed by atoms with E-state index in [4.69, 9.17) is 5.73 Å². The van der Waals surface area contributed by atoms with Crippen molar-refractivity contribution in [2.75, 3.05) is 12.3 Å². The molecule has 0 aliphatic rings. The maximum absolute atomic E-state index is 11.8. The van der Waals surface area contributed by atoms with Gasteiger partial charge in [0.05, 0.1) is 6.04 Å². The van der Waals surface area contributed by atoms with Gasteiger partial charge in [-0.3, -0.25) is 9.00 Å². The average molecular weight is 282 g/mol. The van der Waals surface area contributed by atoms with E-state index in [1.165, 1.54) is 0 Å². The smallest absolute Gasteiger partial charge is 0.237 e. The number of hydrogen-bond donors (Lipinski definition) is 2. The van der Waals surface area contributed by atoms with Gasteiger partial charge in [-0.15, -0.1) is 0 Å². The molecule has 4 nitrogen and oxygen atoms in total. The van der Waals surface area contributed by atoms with Crippen LogP contribution in [0.15, 0.2) is 30.3 Å². The topological polar surface area (TPSA) is 72.2 Å². The summed E-state index contributed by atoms with van der Waals surface area (Å²) in [4.78, 5) is 11.6. The maximum atomic E-state index is 11.8. The van der Waals surface area contributed by atoms with E-state index in [-0.39, 0.29) is 11.8 Å². The first-order valence-electron chi connectivity index (χ1n) is 6.43. The number of hydrogen-bond acceptors (Lipinski definition) is 3. The molecule has 1 amide bonds. The molecule has 0 aliphatic carbocycles. The minimum atomic E-state index is -0.967. The molecule has 0 bridgehead atoms. The number of nitrogens with one attached hydrogen (secondary N) is 1. The highest BCUT2D eigenvalue weighted by Gasteiger charge is 2.16. The second-order valence-corrected chi connectivity index (χ2v) is 6.41. The third kappa shape index (κ3) is 5.98. The van der Waals surface area contributed by atoms with Crippen molar-refractivity contribution in [1.29, 1.82) is 0 Å². The lowest BCUT2D eigenvalue weighted by Gasteiger charge is -2.15. The van der Waals surface area contributed by atoms with Crippen molar-refractivity contribution < 1.29 is 9.00 Å². The second-order valence-electron chi connectivity index (χ2n) is 4.83. The standard InChI is InChI=1S/C14H22N2O2S/c1-11(2)13(15)14(17)16-8-9-19(18)10-12-6-4-3-5-7-12/h3-7,11,13H,8-10,15H2,1-2H3,(H,16,17)/t13-,19?/m0/s1. The minimum absolute atomic E-state index is 0.106. The van der Waals surface area contributed by atoms with Crippen LogP contribution in [0.1, 0.15) is 19.4 Å². The average Bonchev–Trinajstić information content (AvgIpc) is 2.38. The molecule has 0 saturated heterocycles. The lowest BCUT2D eigenvalue weighted by molar-refractivity contribution is -0.123. The number of carbonyl (C=O) groups excluding carboxylic acids is 1. The van der Waals surface area contributed by atoms with E-state index < -0.39 is 16.8 Å². The molecule has 1 rings (SSSR count). The lowest BCUT2D eigenvalue weighted by atomic mass is 10.1. The summed E-state index contributed by atoms with van der Waals surface area (Å²) >= 11 is 0. The SMILES string of the molecule is CC(C)[C@H](N)C(=O)NCCS(=O)Cc1ccccc1. The van der Waals surface area contributed by atoms with Gasteiger partial charge in [0.1, 0.15) is 0 Å². The monoisotopic (exact) mass is 282 g/mol. The third-order valence-electron chi connectivity index (χ3n) is 2.82. The lowest BCUT2D eigenvalue weighted by Crippen LogP contribution is -2.44. The molecule has 0 heterocycles. The zero-order valence-corrected chi connectivity index (χ0v) is 12.3. The first-order valence-corrected chi connectivity index (χ1v) is 7.91. The Hall–Kier alpha value is -1.20. The van der Waals surface area contributed by atoms with Gasteiger partial charge in [0, 0.05) is 28.9 Å². The summed E-state index contributed by atoms with van der Waals surface area (Å²) in [7, 11) is -0.967. The van der Waals surface area contributed by atoms with E-state index in [0.29, 0.717) is 18.1 Å². The zero-order valence-electron chi connectivity index (χ0n) is 11.5. The van der Waals surface area contributed by atoms with E-state index in [0.717, 1.165) is 5.56 Å². The molecule has 0 saturated carbocycles. The molecule has 0 aliphatic heterocycles. The summed E-state index contributed by atoms with van der Waals surface area (Å²) in [6.07, 6.45) is 0. The first kappa shape index (κ1) is 15.9. The Morgan fingerprint density at radius 3 is 2.53 bits per heavy atom. The van der Waals surface area contributed by atoms with Gasteiger partial charge in [-0.05, 0) is 11.5 Å². The fourth-order valence-electron chi connectivity index (χ4n) is 1.54. The van der Waals surface area contributed by atoms with Gasteiger partial charge in [-0.2, -0.15) is 0 Å². The Morgan fingerprint density at radius 1 is 1.32 bits per heavy atom. The van der Waals surface area contributed by atoms with Gasteiger partial charge in [0.2, 0.25) is 5.91 Å². The Labute approximate surface area is 117 Å². The highest BCUT2D eigenvalue weighted by atomic mass is 32.2. The Kier molecular flexibility index (Phi) is 6.73. The number of rotatable bonds is 7. The Balaban J connectivity index is 2.26. The van der Waals surface area contributed by atoms with Crippen molar-refractivity contribution >= 4 is 16.7 Å². The normalized spacial score (nSPS) is 14.1. The summed E-state index contributed by atoms with van der Waals surface area (Å²) in [5, 5.41) is 2.72. The predicted octanol–water partition coefficient (Wildman–Crippen LogP) is 1.03. The van der Waals surface area contributed by atoms with Crippen LogP contribution >= 0.6 is 0 Å². The molecule has 0 fully saturated rings. The van der Waals surface area contributed by atoms with E-state index >= 15 is 0 Å². The van der Waals surface area contributed by atoms with Crippen LogP contribution in [-0.4, -0.2) is 28.5 Å². The van der Waals surface area contributed by atoms with Crippen molar-refractivity contribution in [3.63, 3.8) is 0 Å². The van der Waals surface area contributed by atoms with Crippen LogP contribution < -0.4 is 11.1 Å². The van der Waals surface area contributed by atoms with Crippen molar-refractivity contribution in [3.05, 3.63) is 35.9 Å². The van der Waals surface area contributed by atoms with Crippen LogP contribution in [0, 0.1) is 5.92 Å². The fraction of sp³-hybridized carbons (Fsp3) is 0.500. The molecule has 0 aromatic heterocycles. The molecule has 3 N–H and O–H groups in total. The molecule has 0 radical (unpaired) electrons. The highest BCUT2D eigenvalue weighted by molar-refractivity contribution is 7.84. The van der Waals surface area contributed by atoms with Gasteiger partial charge < -0.3 is 11.1 Å². The number of benzene rings is 1. The molecule has 1 aromatic rings. The largest absolute Gasteiger partial charge is 0.354 e. The molecule has 0 spiro atoms. The molecule has 1 aromatic carbocycles. The Bertz CT molecular complexity index is 421. The van der Waals surface area contributed by atoms with Gasteiger partial charge in [0.25, 0.3) is 0 Å². The van der Waals surface area contributed by atoms with Crippen LogP contribution in [0.25, 0.3) is 0 Å². The molecule has 5 heteroatoms. The Morgan fingerprint density at radius 2 is 1.95 bits per heavy atom. The van der Waals surface area contributed by atoms with Gasteiger partial charge in [-0.1, -0.05) is 44.2 Å². The van der Waals surface area contributed by atoms with Crippen molar-refractivity contribution in [2.24, 2.45) is 11.7 Å². The van der Waals surface area contributed by atoms with Crippen molar-refractivity contribution in [1.82, 2.24) is 5.32 Å². The summed E-state index contributed by atoms with van der Waals surface area (Å²) in [5.74, 6) is 0.903. The molecule has 106 valence electrons. The molecular formula is C14H22N2O2S. The molecule has 19 heavy (non-hydrogen) atoms. The van der Waals surface area contributed by atoms with Crippen LogP contribution in [-0.2, 0) is 21.3 Å². The molecule has 2 atom stereocenters. The van der Waals surface area contributed by atoms with E-state index in [2.05, 4.69) is 5.32 Å². The fourth-order valence-corrected chi connectivity index (χ4v) is 2.58. The van der Waals surface area contributed by atoms with Crippen LogP contribution in [0.4, 0.5) is 0 Å². The zero-order chi connectivity index (χ0) is 14.3. The summed E-state index contributed by atoms with van der Waals surface area (Å²) in [6.45, 7) is 4.20. The predicted molar refractivity (Wildman–Crippen MR) is 79.0 cm³/mol. The number of nitrogens with two attached hydrogens (primary N) is 1. The first-order chi connectivity index (χ1) is 9.00. The minimum Gasteiger partial charge on any atom is -0.354 e. The number of carbonyl (C=O) groups is 1. The van der Waals surface area contributed by atoms with Crippen molar-refractivity contribution in [3.8, 4) is 0 Å². The van der Waals surface area contributed by atoms with Crippen LogP contribution in [0.2, 0.25) is 0 Å². The van der Waals surface area contributed by atoms with Gasteiger partial charge >= 0.3 is 0 Å². The van der Waals surface area contributed by atoms with E-state index in [1.807, 2.05) is 44.2 Å². The molecule has 1 unspecified atom stereocenters. The number of amides is 1. The maximum Gasteiger partial charge on any atom is 0.237 e. The third-order valence-corrected chi connectivity index (χ3v) is 4.14. The van der Waals surface area contributed by atoms with Gasteiger partial charge in [0.15, 0.2) is 0 Å². The van der Waals surface area contributed by atoms with Crippen LogP contribution in [0.5, 0.6) is 0 Å². The van der Waals surface area contributed by atoms with Crippen molar-refractivity contribution in [2.45, 2.75) is 25.6 Å². The molecular weight excluding hydrogens is 260 g/mol.